The van der Waals surface area contributed by atoms with E-state index in [4.69, 9.17) is 20.3 Å². The lowest BCUT2D eigenvalue weighted by molar-refractivity contribution is 0.0766. The van der Waals surface area contributed by atoms with E-state index in [1.54, 1.807) is 12.1 Å². The molecular formula is C17H14BrF2N2O5PS2. The molecule has 0 fully saturated rings. The lowest BCUT2D eigenvalue weighted by Crippen LogP contribution is -2.11. The fourth-order valence-electron chi connectivity index (χ4n) is 2.50. The highest BCUT2D eigenvalue weighted by Crippen LogP contribution is 2.58. The maximum Gasteiger partial charge on any atom is 0.349 e. The number of aromatic nitrogens is 1. The minimum Gasteiger partial charge on any atom is -0.487 e. The highest BCUT2D eigenvalue weighted by atomic mass is 79.9. The molecule has 7 nitrogen and oxygen atoms in total. The average Bonchev–Trinajstić information content (AvgIpc) is 3.03. The van der Waals surface area contributed by atoms with Crippen LogP contribution in [-0.4, -0.2) is 31.1 Å². The van der Waals surface area contributed by atoms with Gasteiger partial charge in [0.1, 0.15) is 17.4 Å². The number of fused-ring (bicyclic) bond motifs is 1. The standard InChI is InChI=1S/C17H14BrF2N2O5PS2/c1-30(26)12-3-2-8(6-22-12)7-27-11-5-9(16(21)23)4-10-13(18)15(29-14(10)11)17(19,20)28(24)25/h2-6,24-25H,7H2,1H3,(H2,21,23). The number of primary amides is 1. The fraction of sp³-hybridized carbons (Fsp3) is 0.176. The van der Waals surface area contributed by atoms with Gasteiger partial charge in [0, 0.05) is 33.4 Å². The fourth-order valence-corrected chi connectivity index (χ4v) is 5.74. The highest BCUT2D eigenvalue weighted by Gasteiger charge is 2.45. The quantitative estimate of drug-likeness (QED) is 0.393. The van der Waals surface area contributed by atoms with Crippen LogP contribution in [0.4, 0.5) is 8.78 Å². The number of benzene rings is 1. The van der Waals surface area contributed by atoms with Gasteiger partial charge in [-0.05, 0) is 34.1 Å². The number of carbonyl (C=O) groups excluding carboxylic acids is 1. The van der Waals surface area contributed by atoms with Gasteiger partial charge in [-0.25, -0.2) is 4.98 Å². The van der Waals surface area contributed by atoms with Crippen LogP contribution in [-0.2, 0) is 23.1 Å². The van der Waals surface area contributed by atoms with Crippen LogP contribution in [0.25, 0.3) is 10.1 Å². The van der Waals surface area contributed by atoms with E-state index < -0.39 is 35.6 Å². The summed E-state index contributed by atoms with van der Waals surface area (Å²) in [5, 5.41) is 0.628. The zero-order chi connectivity index (χ0) is 22.2. The van der Waals surface area contributed by atoms with Crippen LogP contribution in [0.3, 0.4) is 0 Å². The van der Waals surface area contributed by atoms with Gasteiger partial charge in [0.15, 0.2) is 0 Å². The van der Waals surface area contributed by atoms with Crippen molar-refractivity contribution >= 4 is 62.4 Å². The van der Waals surface area contributed by atoms with Crippen molar-refractivity contribution in [2.45, 2.75) is 17.3 Å². The van der Waals surface area contributed by atoms with E-state index in [2.05, 4.69) is 20.9 Å². The van der Waals surface area contributed by atoms with Crippen LogP contribution >= 0.6 is 35.6 Å². The van der Waals surface area contributed by atoms with Gasteiger partial charge >= 0.3 is 5.66 Å². The topological polar surface area (TPSA) is 123 Å². The lowest BCUT2D eigenvalue weighted by atomic mass is 10.1. The molecule has 1 unspecified atom stereocenters. The molecule has 160 valence electrons. The number of hydrogen-bond donors (Lipinski definition) is 3. The van der Waals surface area contributed by atoms with Crippen molar-refractivity contribution in [1.82, 2.24) is 4.98 Å². The summed E-state index contributed by atoms with van der Waals surface area (Å²) in [6, 6.07) is 5.90. The van der Waals surface area contributed by atoms with Gasteiger partial charge in [0.05, 0.1) is 20.4 Å². The second-order valence-corrected chi connectivity index (χ2v) is 10.3. The molecular weight excluding hydrogens is 525 g/mol. The van der Waals surface area contributed by atoms with E-state index in [1.807, 2.05) is 0 Å². The van der Waals surface area contributed by atoms with Crippen LogP contribution in [0.1, 0.15) is 20.8 Å². The Morgan fingerprint density at radius 1 is 1.40 bits per heavy atom. The van der Waals surface area contributed by atoms with E-state index >= 15 is 0 Å². The molecule has 13 heteroatoms. The van der Waals surface area contributed by atoms with Crippen molar-refractivity contribution in [1.29, 1.82) is 0 Å². The number of halogens is 3. The molecule has 0 saturated heterocycles. The van der Waals surface area contributed by atoms with Gasteiger partial charge in [-0.1, -0.05) is 6.07 Å². The Hall–Kier alpha value is -1.56. The molecule has 2 heterocycles. The van der Waals surface area contributed by atoms with Crippen LogP contribution in [0.2, 0.25) is 0 Å². The summed E-state index contributed by atoms with van der Waals surface area (Å²) in [5.74, 6) is -0.659. The largest absolute Gasteiger partial charge is 0.487 e. The van der Waals surface area contributed by atoms with Crippen molar-refractivity contribution < 1.29 is 32.3 Å². The molecule has 0 spiro atoms. The number of alkyl halides is 2. The number of nitrogens with zero attached hydrogens (tertiary/aromatic N) is 1. The first-order valence-electron chi connectivity index (χ1n) is 8.05. The third-order valence-electron chi connectivity index (χ3n) is 3.99. The third kappa shape index (κ3) is 4.53. The van der Waals surface area contributed by atoms with Crippen LogP contribution < -0.4 is 10.5 Å². The SMILES string of the molecule is CS(=O)c1ccc(COc2cc(C(N)=O)cc3c(Br)c(C(F)(F)P(O)O)sc23)cn1. The van der Waals surface area contributed by atoms with Gasteiger partial charge in [-0.15, -0.1) is 11.3 Å². The molecule has 0 aliphatic heterocycles. The van der Waals surface area contributed by atoms with E-state index in [0.717, 1.165) is 0 Å². The molecule has 30 heavy (non-hydrogen) atoms. The molecule has 1 aromatic carbocycles. The van der Waals surface area contributed by atoms with Crippen LogP contribution in [0.5, 0.6) is 5.75 Å². The lowest BCUT2D eigenvalue weighted by Gasteiger charge is -2.15. The predicted molar refractivity (Wildman–Crippen MR) is 114 cm³/mol. The number of amides is 1. The van der Waals surface area contributed by atoms with Gasteiger partial charge in [0.25, 0.3) is 0 Å². The van der Waals surface area contributed by atoms with Crippen molar-refractivity contribution in [3.8, 4) is 5.75 Å². The Morgan fingerprint density at radius 2 is 2.10 bits per heavy atom. The Bertz CT molecular complexity index is 1140. The second-order valence-electron chi connectivity index (χ2n) is 6.04. The Kier molecular flexibility index (Phi) is 6.85. The first-order chi connectivity index (χ1) is 14.0. The van der Waals surface area contributed by atoms with E-state index in [-0.39, 0.29) is 32.5 Å². The summed E-state index contributed by atoms with van der Waals surface area (Å²) in [7, 11) is -4.81. The monoisotopic (exact) mass is 538 g/mol. The van der Waals surface area contributed by atoms with E-state index in [9.17, 15) is 17.8 Å². The molecule has 1 amide bonds. The number of ether oxygens (including phenoxy) is 1. The summed E-state index contributed by atoms with van der Waals surface area (Å²) in [6.45, 7) is -0.00506. The Morgan fingerprint density at radius 3 is 2.63 bits per heavy atom. The molecule has 0 bridgehead atoms. The molecule has 3 rings (SSSR count). The third-order valence-corrected chi connectivity index (χ3v) is 8.07. The molecule has 0 radical (unpaired) electrons. The minimum atomic E-state index is -3.88. The molecule has 3 aromatic rings. The normalized spacial score (nSPS) is 13.0. The molecule has 4 N–H and O–H groups in total. The summed E-state index contributed by atoms with van der Waals surface area (Å²) >= 11 is 3.68. The van der Waals surface area contributed by atoms with Gasteiger partial charge in [-0.2, -0.15) is 8.78 Å². The Balaban J connectivity index is 2.04. The van der Waals surface area contributed by atoms with Crippen molar-refractivity contribution in [3.63, 3.8) is 0 Å². The summed E-state index contributed by atoms with van der Waals surface area (Å²) in [5.41, 5.74) is 2.13. The first-order valence-corrected chi connectivity index (χ1v) is 12.5. The number of thiophene rings is 1. The molecule has 0 aliphatic carbocycles. The van der Waals surface area contributed by atoms with E-state index in [1.165, 1.54) is 24.6 Å². The summed E-state index contributed by atoms with van der Waals surface area (Å²) in [4.78, 5) is 33.4. The smallest absolute Gasteiger partial charge is 0.349 e. The first kappa shape index (κ1) is 23.1. The second kappa shape index (κ2) is 8.89. The molecule has 2 aromatic heterocycles. The van der Waals surface area contributed by atoms with Crippen LogP contribution in [0.15, 0.2) is 40.0 Å². The van der Waals surface area contributed by atoms with E-state index in [0.29, 0.717) is 21.9 Å². The zero-order valence-corrected chi connectivity index (χ0v) is 19.2. The predicted octanol–water partition coefficient (Wildman–Crippen LogP) is 3.82. The zero-order valence-electron chi connectivity index (χ0n) is 15.1. The number of carbonyl (C=O) groups is 1. The number of rotatable bonds is 7. The number of hydrogen-bond acceptors (Lipinski definition) is 7. The average molecular weight is 539 g/mol. The summed E-state index contributed by atoms with van der Waals surface area (Å²) in [6.07, 6.45) is 2.97. The van der Waals surface area contributed by atoms with Gasteiger partial charge in [-0.3, -0.25) is 9.00 Å². The van der Waals surface area contributed by atoms with Crippen molar-refractivity contribution in [2.75, 3.05) is 6.26 Å². The molecule has 1 atom stereocenters. The Labute approximate surface area is 185 Å². The van der Waals surface area contributed by atoms with Crippen molar-refractivity contribution in [2.24, 2.45) is 5.73 Å². The highest BCUT2D eigenvalue weighted by molar-refractivity contribution is 9.10. The van der Waals surface area contributed by atoms with Crippen LogP contribution in [0, 0.1) is 0 Å². The van der Waals surface area contributed by atoms with Crippen molar-refractivity contribution in [3.05, 3.63) is 50.9 Å². The van der Waals surface area contributed by atoms with Gasteiger partial charge in [0.2, 0.25) is 14.3 Å². The maximum absolute atomic E-state index is 14.3. The maximum atomic E-state index is 14.3. The molecule has 0 aliphatic rings. The minimum absolute atomic E-state index is 0.00506. The summed E-state index contributed by atoms with van der Waals surface area (Å²) < 4.78 is 45.9. The van der Waals surface area contributed by atoms with Gasteiger partial charge < -0.3 is 20.3 Å². The number of nitrogens with two attached hydrogens (primary N) is 1. The number of pyridine rings is 1. The molecule has 0 saturated carbocycles.